The van der Waals surface area contributed by atoms with Gasteiger partial charge in [0.15, 0.2) is 6.10 Å². The molecule has 11 heteroatoms. The Kier molecular flexibility index (Phi) is 34.2. The maximum atomic E-state index is 10.3. The summed E-state index contributed by atoms with van der Waals surface area (Å²) < 4.78 is 4.30. The van der Waals surface area contributed by atoms with Crippen molar-refractivity contribution >= 4 is 136 Å². The molecule has 0 bridgehead atoms. The molecule has 0 aliphatic rings. The van der Waals surface area contributed by atoms with E-state index in [1.165, 1.54) is 0 Å². The molecule has 17 heavy (non-hydrogen) atoms. The second kappa shape index (κ2) is 18.4. The van der Waals surface area contributed by atoms with E-state index in [2.05, 4.69) is 4.74 Å². The first-order valence-electron chi connectivity index (χ1n) is 3.21. The molecular weight excluding hydrogens is 276 g/mol. The fourth-order valence-corrected chi connectivity index (χ4v) is 0.548. The van der Waals surface area contributed by atoms with E-state index in [0.29, 0.717) is 0 Å². The zero-order valence-corrected chi connectivity index (χ0v) is 6.47. The predicted octanol–water partition coefficient (Wildman–Crippen LogP) is -3.58. The average molecular weight is 288 g/mol. The second-order valence-electron chi connectivity index (χ2n) is 2.13. The van der Waals surface area contributed by atoms with E-state index in [9.17, 15) is 14.4 Å². The molecule has 0 rings (SSSR count). The van der Waals surface area contributed by atoms with Crippen LogP contribution in [0, 0.1) is 0 Å². The van der Waals surface area contributed by atoms with Crippen LogP contribution in [0.5, 0.6) is 0 Å². The van der Waals surface area contributed by atoms with E-state index in [1.54, 1.807) is 0 Å². The third kappa shape index (κ3) is 20.8. The summed E-state index contributed by atoms with van der Waals surface area (Å²) in [5, 5.41) is 24.7. The van der Waals surface area contributed by atoms with Crippen molar-refractivity contribution in [2.45, 2.75) is 12.5 Å². The zero-order valence-electron chi connectivity index (χ0n) is 6.47. The van der Waals surface area contributed by atoms with Gasteiger partial charge in [0, 0.05) is 0 Å². The average Bonchev–Trinajstić information content (AvgIpc) is 1.96. The third-order valence-electron chi connectivity index (χ3n) is 1.04. The van der Waals surface area contributed by atoms with Crippen molar-refractivity contribution in [2.24, 2.45) is 0 Å². The molecule has 82 valence electrons. The van der Waals surface area contributed by atoms with Gasteiger partial charge in [-0.15, -0.1) is 0 Å². The molecule has 0 heterocycles. The van der Waals surface area contributed by atoms with Crippen molar-refractivity contribution in [3.05, 3.63) is 0 Å². The van der Waals surface area contributed by atoms with Gasteiger partial charge in [-0.3, -0.25) is 4.79 Å². The van der Waals surface area contributed by atoms with Crippen LogP contribution in [0.2, 0.25) is 0 Å². The molecule has 0 aromatic heterocycles. The number of hydrogen-bond acceptors (Lipinski definition) is 4. The van der Waals surface area contributed by atoms with Crippen LogP contribution >= 0.6 is 0 Å². The first-order chi connectivity index (χ1) is 5.93. The van der Waals surface area contributed by atoms with Crippen LogP contribution in [0.25, 0.3) is 0 Å². The number of carboxylic acid groups (broad SMARTS) is 3. The molecule has 1 atom stereocenters. The Balaban J connectivity index is -0.000000120. The van der Waals surface area contributed by atoms with E-state index < -0.39 is 37.0 Å². The molecule has 0 aliphatic carbocycles. The molecule has 0 amide bonds. The molecule has 0 aliphatic heterocycles. The van der Waals surface area contributed by atoms with E-state index in [0.717, 1.165) is 0 Å². The van der Waals surface area contributed by atoms with Crippen molar-refractivity contribution in [1.82, 2.24) is 0 Å². The van der Waals surface area contributed by atoms with Gasteiger partial charge in [-0.1, -0.05) is 0 Å². The van der Waals surface area contributed by atoms with Crippen LogP contribution in [0.3, 0.4) is 0 Å². The van der Waals surface area contributed by atoms with Crippen LogP contribution in [0.1, 0.15) is 6.42 Å². The third-order valence-corrected chi connectivity index (χ3v) is 1.04. The van der Waals surface area contributed by atoms with E-state index >= 15 is 0 Å². The maximum absolute atomic E-state index is 10.3. The van der Waals surface area contributed by atoms with E-state index in [-0.39, 0.29) is 118 Å². The predicted molar refractivity (Wildman–Crippen MR) is 65.9 cm³/mol. The molecule has 0 spiro atoms. The summed E-state index contributed by atoms with van der Waals surface area (Å²) >= 11 is 0. The molecule has 0 aromatic rings. The van der Waals surface area contributed by atoms with Gasteiger partial charge < -0.3 is 20.1 Å². The molecule has 0 saturated carbocycles. The molecule has 0 radical (unpaired) electrons. The van der Waals surface area contributed by atoms with E-state index in [1.807, 2.05) is 0 Å². The molecule has 0 saturated heterocycles. The van der Waals surface area contributed by atoms with Crippen LogP contribution < -0.4 is 0 Å². The number of aliphatic carboxylic acids is 3. The SMILES string of the molecule is O=C(O)COC(CC(=O)O)C(=O)O.[NaH].[NaH].[NaH].[NaH]. The Morgan fingerprint density at radius 2 is 1.29 bits per heavy atom. The van der Waals surface area contributed by atoms with E-state index in [4.69, 9.17) is 15.3 Å². The summed E-state index contributed by atoms with van der Waals surface area (Å²) in [5.74, 6) is -4.21. The van der Waals surface area contributed by atoms with Crippen molar-refractivity contribution in [2.75, 3.05) is 6.61 Å². The Hall–Kier alpha value is 2.37. The summed E-state index contributed by atoms with van der Waals surface area (Å²) in [5.41, 5.74) is 0. The van der Waals surface area contributed by atoms with Gasteiger partial charge >= 0.3 is 136 Å². The number of hydrogen-bond donors (Lipinski definition) is 3. The summed E-state index contributed by atoms with van der Waals surface area (Å²) in [6.45, 7) is -0.829. The molecule has 0 aromatic carbocycles. The van der Waals surface area contributed by atoms with Crippen LogP contribution in [0.15, 0.2) is 0 Å². The number of carboxylic acids is 3. The fourth-order valence-electron chi connectivity index (χ4n) is 0.548. The standard InChI is InChI=1S/C6H8O7.4Na.4H/c7-4(8)1-3(6(11)12)13-2-5(9)10;;;;;;;;/h3H,1-2H2,(H,7,8)(H,9,10)(H,11,12);;;;;;;;. The Bertz CT molecular complexity index is 234. The van der Waals surface area contributed by atoms with Gasteiger partial charge in [-0.25, -0.2) is 9.59 Å². The van der Waals surface area contributed by atoms with Gasteiger partial charge in [-0.2, -0.15) is 0 Å². The molecule has 1 unspecified atom stereocenters. The van der Waals surface area contributed by atoms with Crippen molar-refractivity contribution < 1.29 is 34.4 Å². The minimum absolute atomic E-state index is 0. The molecule has 0 fully saturated rings. The van der Waals surface area contributed by atoms with Gasteiger partial charge in [-0.05, 0) is 0 Å². The first-order valence-corrected chi connectivity index (χ1v) is 3.21. The summed E-state index contributed by atoms with van der Waals surface area (Å²) in [7, 11) is 0. The van der Waals surface area contributed by atoms with Crippen LogP contribution in [-0.4, -0.2) is 164 Å². The monoisotopic (exact) mass is 288 g/mol. The quantitative estimate of drug-likeness (QED) is 0.432. The van der Waals surface area contributed by atoms with Gasteiger partial charge in [0.1, 0.15) is 6.61 Å². The minimum atomic E-state index is -1.62. The first kappa shape index (κ1) is 31.7. The molecule has 7 nitrogen and oxygen atoms in total. The molecular formula is C6H12Na4O7. The summed E-state index contributed by atoms with van der Waals surface area (Å²) in [6, 6.07) is 0. The van der Waals surface area contributed by atoms with Crippen LogP contribution in [0.4, 0.5) is 0 Å². The fraction of sp³-hybridized carbons (Fsp3) is 0.500. The summed E-state index contributed by atoms with van der Waals surface area (Å²) in [6.07, 6.45) is -2.38. The Morgan fingerprint density at radius 3 is 1.53 bits per heavy atom. The van der Waals surface area contributed by atoms with Gasteiger partial charge in [0.05, 0.1) is 6.42 Å². The van der Waals surface area contributed by atoms with Crippen molar-refractivity contribution in [1.29, 1.82) is 0 Å². The Labute approximate surface area is 186 Å². The number of ether oxygens (including phenoxy) is 1. The van der Waals surface area contributed by atoms with Gasteiger partial charge in [0.2, 0.25) is 0 Å². The van der Waals surface area contributed by atoms with Crippen molar-refractivity contribution in [3.8, 4) is 0 Å². The van der Waals surface area contributed by atoms with Gasteiger partial charge in [0.25, 0.3) is 0 Å². The normalized spacial score (nSPS) is 9.18. The molecule has 3 N–H and O–H groups in total. The van der Waals surface area contributed by atoms with Crippen molar-refractivity contribution in [3.63, 3.8) is 0 Å². The van der Waals surface area contributed by atoms with Crippen LogP contribution in [-0.2, 0) is 19.1 Å². The second-order valence-corrected chi connectivity index (χ2v) is 2.13. The topological polar surface area (TPSA) is 121 Å². The number of rotatable bonds is 6. The zero-order chi connectivity index (χ0) is 10.4. The number of carbonyl (C=O) groups is 3. The Morgan fingerprint density at radius 1 is 0.882 bits per heavy atom. The summed E-state index contributed by atoms with van der Waals surface area (Å²) in [4.78, 5) is 30.3.